The number of fused-ring (bicyclic) bond motifs is 1. The zero-order valence-corrected chi connectivity index (χ0v) is 12.9. The highest BCUT2D eigenvalue weighted by atomic mass is 35.5. The highest BCUT2D eigenvalue weighted by molar-refractivity contribution is 6.30. The standard InChI is InChI=1S/C16H12ClN3O3/c1-9(14(21)19-13-7-6-10(17)8-18-13)20-15(22)11-4-2-3-5-12(11)16(20)23/h2-9H,1H3,(H,18,19,21). The second-order valence-electron chi connectivity index (χ2n) is 5.05. The van der Waals surface area contributed by atoms with Crippen molar-refractivity contribution in [1.82, 2.24) is 9.88 Å². The van der Waals surface area contributed by atoms with Gasteiger partial charge in [0.1, 0.15) is 11.9 Å². The first-order valence-electron chi connectivity index (χ1n) is 6.88. The van der Waals surface area contributed by atoms with Gasteiger partial charge < -0.3 is 5.32 Å². The number of halogens is 1. The highest BCUT2D eigenvalue weighted by Gasteiger charge is 2.40. The van der Waals surface area contributed by atoms with Crippen LogP contribution in [0.4, 0.5) is 5.82 Å². The number of hydrogen-bond donors (Lipinski definition) is 1. The molecule has 0 aliphatic carbocycles. The van der Waals surface area contributed by atoms with Gasteiger partial charge in [-0.25, -0.2) is 4.98 Å². The minimum Gasteiger partial charge on any atom is -0.309 e. The van der Waals surface area contributed by atoms with E-state index >= 15 is 0 Å². The summed E-state index contributed by atoms with van der Waals surface area (Å²) in [7, 11) is 0. The number of imide groups is 1. The molecule has 3 amide bonds. The van der Waals surface area contributed by atoms with E-state index in [0.29, 0.717) is 22.0 Å². The number of benzene rings is 1. The van der Waals surface area contributed by atoms with E-state index in [1.807, 2.05) is 0 Å². The average Bonchev–Trinajstić information content (AvgIpc) is 2.81. The molecule has 0 fully saturated rings. The highest BCUT2D eigenvalue weighted by Crippen LogP contribution is 2.24. The van der Waals surface area contributed by atoms with Gasteiger partial charge in [0.05, 0.1) is 16.1 Å². The van der Waals surface area contributed by atoms with Crippen LogP contribution < -0.4 is 5.32 Å². The molecule has 1 aliphatic heterocycles. The molecule has 2 heterocycles. The molecule has 0 saturated carbocycles. The lowest BCUT2D eigenvalue weighted by molar-refractivity contribution is -0.119. The minimum atomic E-state index is -0.958. The molecule has 0 spiro atoms. The summed E-state index contributed by atoms with van der Waals surface area (Å²) in [6.45, 7) is 1.49. The minimum absolute atomic E-state index is 0.294. The lowest BCUT2D eigenvalue weighted by Gasteiger charge is -2.21. The molecule has 1 N–H and O–H groups in total. The zero-order chi connectivity index (χ0) is 16.6. The smallest absolute Gasteiger partial charge is 0.262 e. The van der Waals surface area contributed by atoms with E-state index < -0.39 is 23.8 Å². The number of pyridine rings is 1. The van der Waals surface area contributed by atoms with Crippen molar-refractivity contribution < 1.29 is 14.4 Å². The van der Waals surface area contributed by atoms with Crippen LogP contribution >= 0.6 is 11.6 Å². The van der Waals surface area contributed by atoms with E-state index in [0.717, 1.165) is 4.90 Å². The Hall–Kier alpha value is -2.73. The number of anilines is 1. The van der Waals surface area contributed by atoms with Crippen LogP contribution in [-0.2, 0) is 4.79 Å². The van der Waals surface area contributed by atoms with Crippen molar-refractivity contribution in [2.75, 3.05) is 5.32 Å². The third kappa shape index (κ3) is 2.68. The molecule has 0 bridgehead atoms. The molecule has 23 heavy (non-hydrogen) atoms. The Morgan fingerprint density at radius 3 is 2.26 bits per heavy atom. The number of carbonyl (C=O) groups excluding carboxylic acids is 3. The third-order valence-electron chi connectivity index (χ3n) is 3.57. The molecule has 1 aromatic carbocycles. The fourth-order valence-corrected chi connectivity index (χ4v) is 2.47. The van der Waals surface area contributed by atoms with Gasteiger partial charge in [0.15, 0.2) is 0 Å². The molecule has 1 atom stereocenters. The summed E-state index contributed by atoms with van der Waals surface area (Å²) in [4.78, 5) is 41.9. The van der Waals surface area contributed by atoms with Crippen molar-refractivity contribution in [3.05, 3.63) is 58.7 Å². The van der Waals surface area contributed by atoms with Gasteiger partial charge in [0.2, 0.25) is 5.91 Å². The summed E-state index contributed by atoms with van der Waals surface area (Å²) in [5.41, 5.74) is 0.614. The summed E-state index contributed by atoms with van der Waals surface area (Å²) in [5, 5.41) is 3.00. The molecule has 1 aliphatic rings. The SMILES string of the molecule is CC(C(=O)Nc1ccc(Cl)cn1)N1C(=O)c2ccccc2C1=O. The Morgan fingerprint density at radius 1 is 1.13 bits per heavy atom. The van der Waals surface area contributed by atoms with Crippen LogP contribution in [0.25, 0.3) is 0 Å². The Morgan fingerprint density at radius 2 is 1.74 bits per heavy atom. The van der Waals surface area contributed by atoms with Crippen LogP contribution in [-0.4, -0.2) is 33.6 Å². The molecule has 2 aromatic rings. The largest absolute Gasteiger partial charge is 0.309 e. The van der Waals surface area contributed by atoms with Gasteiger partial charge in [0, 0.05) is 6.20 Å². The fourth-order valence-electron chi connectivity index (χ4n) is 2.36. The predicted octanol–water partition coefficient (Wildman–Crippen LogP) is 2.36. The molecule has 0 radical (unpaired) electrons. The summed E-state index contributed by atoms with van der Waals surface area (Å²) >= 11 is 5.73. The van der Waals surface area contributed by atoms with Crippen LogP contribution in [0.2, 0.25) is 5.02 Å². The average molecular weight is 330 g/mol. The van der Waals surface area contributed by atoms with Crippen molar-refractivity contribution in [3.8, 4) is 0 Å². The molecule has 3 rings (SSSR count). The Balaban J connectivity index is 1.79. The van der Waals surface area contributed by atoms with E-state index in [4.69, 9.17) is 11.6 Å². The predicted molar refractivity (Wildman–Crippen MR) is 84.3 cm³/mol. The number of nitrogens with one attached hydrogen (secondary N) is 1. The maximum Gasteiger partial charge on any atom is 0.262 e. The summed E-state index contributed by atoms with van der Waals surface area (Å²) < 4.78 is 0. The van der Waals surface area contributed by atoms with Crippen LogP contribution in [0.3, 0.4) is 0 Å². The van der Waals surface area contributed by atoms with Crippen LogP contribution in [0.5, 0.6) is 0 Å². The van der Waals surface area contributed by atoms with Crippen molar-refractivity contribution in [2.24, 2.45) is 0 Å². The van der Waals surface area contributed by atoms with Gasteiger partial charge >= 0.3 is 0 Å². The molecular formula is C16H12ClN3O3. The quantitative estimate of drug-likeness (QED) is 0.877. The molecule has 7 heteroatoms. The molecule has 1 aromatic heterocycles. The first-order chi connectivity index (χ1) is 11.0. The first kappa shape index (κ1) is 15.2. The summed E-state index contributed by atoms with van der Waals surface area (Å²) in [6.07, 6.45) is 1.39. The van der Waals surface area contributed by atoms with E-state index in [-0.39, 0.29) is 0 Å². The molecule has 6 nitrogen and oxygen atoms in total. The number of hydrogen-bond acceptors (Lipinski definition) is 4. The second kappa shape index (κ2) is 5.81. The van der Waals surface area contributed by atoms with Gasteiger partial charge in [-0.15, -0.1) is 0 Å². The number of rotatable bonds is 3. The van der Waals surface area contributed by atoms with Crippen molar-refractivity contribution in [2.45, 2.75) is 13.0 Å². The van der Waals surface area contributed by atoms with Gasteiger partial charge in [-0.2, -0.15) is 0 Å². The number of carbonyl (C=O) groups is 3. The number of aromatic nitrogens is 1. The van der Waals surface area contributed by atoms with Crippen LogP contribution in [0.1, 0.15) is 27.6 Å². The van der Waals surface area contributed by atoms with Crippen LogP contribution in [0.15, 0.2) is 42.6 Å². The van der Waals surface area contributed by atoms with Gasteiger partial charge in [-0.1, -0.05) is 23.7 Å². The zero-order valence-electron chi connectivity index (χ0n) is 12.1. The molecule has 0 saturated heterocycles. The van der Waals surface area contributed by atoms with Crippen LogP contribution in [0, 0.1) is 0 Å². The Bertz CT molecular complexity index is 769. The van der Waals surface area contributed by atoms with E-state index in [1.165, 1.54) is 19.2 Å². The Labute approximate surface area is 137 Å². The lowest BCUT2D eigenvalue weighted by atomic mass is 10.1. The second-order valence-corrected chi connectivity index (χ2v) is 5.49. The lowest BCUT2D eigenvalue weighted by Crippen LogP contribution is -2.45. The maximum atomic E-state index is 12.3. The molecule has 116 valence electrons. The van der Waals surface area contributed by atoms with Crippen molar-refractivity contribution in [3.63, 3.8) is 0 Å². The monoisotopic (exact) mass is 329 g/mol. The first-order valence-corrected chi connectivity index (χ1v) is 7.26. The topological polar surface area (TPSA) is 79.4 Å². The van der Waals surface area contributed by atoms with E-state index in [2.05, 4.69) is 10.3 Å². The van der Waals surface area contributed by atoms with E-state index in [1.54, 1.807) is 30.3 Å². The van der Waals surface area contributed by atoms with E-state index in [9.17, 15) is 14.4 Å². The van der Waals surface area contributed by atoms with Crippen molar-refractivity contribution >= 4 is 35.1 Å². The molecular weight excluding hydrogens is 318 g/mol. The van der Waals surface area contributed by atoms with Gasteiger partial charge in [-0.05, 0) is 31.2 Å². The molecule has 1 unspecified atom stereocenters. The van der Waals surface area contributed by atoms with Crippen molar-refractivity contribution in [1.29, 1.82) is 0 Å². The normalized spacial score (nSPS) is 14.6. The number of nitrogens with zero attached hydrogens (tertiary/aromatic N) is 2. The maximum absolute atomic E-state index is 12.3. The fraction of sp³-hybridized carbons (Fsp3) is 0.125. The Kier molecular flexibility index (Phi) is 3.83. The summed E-state index contributed by atoms with van der Waals surface area (Å²) in [6, 6.07) is 8.65. The van der Waals surface area contributed by atoms with Gasteiger partial charge in [0.25, 0.3) is 11.8 Å². The summed E-state index contributed by atoms with van der Waals surface area (Å²) in [5.74, 6) is -1.16. The third-order valence-corrected chi connectivity index (χ3v) is 3.79. The van der Waals surface area contributed by atoms with Gasteiger partial charge in [-0.3, -0.25) is 19.3 Å². The number of amides is 3.